The Morgan fingerprint density at radius 3 is 2.41 bits per heavy atom. The molecule has 1 amide bonds. The van der Waals surface area contributed by atoms with Crippen LogP contribution in [0.1, 0.15) is 12.8 Å². The summed E-state index contributed by atoms with van der Waals surface area (Å²) in [6, 6.07) is 4.88. The van der Waals surface area contributed by atoms with E-state index in [1.54, 1.807) is 0 Å². The van der Waals surface area contributed by atoms with Crippen molar-refractivity contribution in [1.82, 2.24) is 9.21 Å². The average molecular weight is 397 g/mol. The van der Waals surface area contributed by atoms with Crippen LogP contribution in [0.2, 0.25) is 0 Å². The number of amides is 1. The first kappa shape index (κ1) is 19.7. The van der Waals surface area contributed by atoms with Gasteiger partial charge in [0.25, 0.3) is 5.69 Å². The minimum absolute atomic E-state index is 0.0180. The van der Waals surface area contributed by atoms with Crippen molar-refractivity contribution in [3.63, 3.8) is 0 Å². The zero-order valence-electron chi connectivity index (χ0n) is 15.3. The molecule has 0 aromatic heterocycles. The maximum absolute atomic E-state index is 12.9. The molecule has 0 saturated carbocycles. The third-order valence-electron chi connectivity index (χ3n) is 5.35. The first-order valence-corrected chi connectivity index (χ1v) is 10.6. The number of piperidine rings is 1. The smallest absolute Gasteiger partial charge is 0.269 e. The van der Waals surface area contributed by atoms with E-state index in [4.69, 9.17) is 0 Å². The first-order valence-electron chi connectivity index (χ1n) is 9.14. The number of carbonyl (C=O) groups excluding carboxylic acids is 1. The molecule has 2 saturated heterocycles. The Morgan fingerprint density at radius 2 is 1.81 bits per heavy atom. The van der Waals surface area contributed by atoms with Crippen molar-refractivity contribution in [2.24, 2.45) is 5.92 Å². The number of non-ortho nitro benzene ring substituents is 1. The highest BCUT2D eigenvalue weighted by molar-refractivity contribution is 7.89. The van der Waals surface area contributed by atoms with E-state index in [2.05, 4.69) is 7.05 Å². The molecule has 1 N–H and O–H groups in total. The number of nitrogens with one attached hydrogen (secondary N) is 1. The summed E-state index contributed by atoms with van der Waals surface area (Å²) in [7, 11) is -1.68. The normalized spacial score (nSPS) is 22.6. The zero-order chi connectivity index (χ0) is 19.6. The largest absolute Gasteiger partial charge is 0.334 e. The number of nitro benzene ring substituents is 1. The van der Waals surface area contributed by atoms with Crippen LogP contribution in [0.4, 0.5) is 5.69 Å². The number of hydrogen-bond donors (Lipinski definition) is 1. The number of carbonyl (C=O) groups is 1. The Kier molecular flexibility index (Phi) is 5.78. The summed E-state index contributed by atoms with van der Waals surface area (Å²) < 4.78 is 27.1. The SMILES string of the molecule is C[NH+]1CCN(C(=O)[C@@H]2CCCN(S(=O)(=O)c3ccc([N+](=O)[O-])cc3)C2)CC1. The summed E-state index contributed by atoms with van der Waals surface area (Å²) in [6.07, 6.45) is 1.31. The fraction of sp³-hybridized carbons (Fsp3) is 0.588. The van der Waals surface area contributed by atoms with E-state index in [9.17, 15) is 23.3 Å². The van der Waals surface area contributed by atoms with E-state index >= 15 is 0 Å². The molecule has 10 heteroatoms. The topological polar surface area (TPSA) is 105 Å². The van der Waals surface area contributed by atoms with Gasteiger partial charge in [0.05, 0.1) is 49.0 Å². The number of rotatable bonds is 4. The molecule has 2 fully saturated rings. The lowest BCUT2D eigenvalue weighted by molar-refractivity contribution is -0.883. The maximum atomic E-state index is 12.9. The van der Waals surface area contributed by atoms with Gasteiger partial charge in [0.15, 0.2) is 0 Å². The molecule has 148 valence electrons. The molecular formula is C17H25N4O5S+. The van der Waals surface area contributed by atoms with E-state index in [0.29, 0.717) is 32.5 Å². The number of benzene rings is 1. The minimum Gasteiger partial charge on any atom is -0.334 e. The van der Waals surface area contributed by atoms with Gasteiger partial charge in [-0.15, -0.1) is 0 Å². The van der Waals surface area contributed by atoms with E-state index in [-0.39, 0.29) is 29.0 Å². The van der Waals surface area contributed by atoms with Gasteiger partial charge in [-0.2, -0.15) is 4.31 Å². The number of sulfonamides is 1. The van der Waals surface area contributed by atoms with Gasteiger partial charge in [-0.25, -0.2) is 8.42 Å². The maximum Gasteiger partial charge on any atom is 0.269 e. The molecule has 0 unspecified atom stereocenters. The molecule has 0 bridgehead atoms. The van der Waals surface area contributed by atoms with Crippen molar-refractivity contribution < 1.29 is 23.0 Å². The van der Waals surface area contributed by atoms with E-state index < -0.39 is 14.9 Å². The van der Waals surface area contributed by atoms with Crippen LogP contribution in [0, 0.1) is 16.0 Å². The van der Waals surface area contributed by atoms with Crippen LogP contribution in [-0.2, 0) is 14.8 Å². The summed E-state index contributed by atoms with van der Waals surface area (Å²) >= 11 is 0. The summed E-state index contributed by atoms with van der Waals surface area (Å²) in [6.45, 7) is 3.74. The Hall–Kier alpha value is -2.04. The lowest BCUT2D eigenvalue weighted by Gasteiger charge is -2.36. The molecule has 0 spiro atoms. The number of nitro groups is 1. The fourth-order valence-electron chi connectivity index (χ4n) is 3.62. The first-order chi connectivity index (χ1) is 12.8. The second-order valence-corrected chi connectivity index (χ2v) is 9.17. The predicted molar refractivity (Wildman–Crippen MR) is 97.8 cm³/mol. The zero-order valence-corrected chi connectivity index (χ0v) is 16.2. The highest BCUT2D eigenvalue weighted by Crippen LogP contribution is 2.26. The lowest BCUT2D eigenvalue weighted by atomic mass is 9.98. The third kappa shape index (κ3) is 4.28. The van der Waals surface area contributed by atoms with Crippen molar-refractivity contribution in [2.45, 2.75) is 17.7 Å². The van der Waals surface area contributed by atoms with Crippen LogP contribution in [0.5, 0.6) is 0 Å². The van der Waals surface area contributed by atoms with Crippen molar-refractivity contribution >= 4 is 21.6 Å². The Labute approximate surface area is 158 Å². The lowest BCUT2D eigenvalue weighted by Crippen LogP contribution is -3.12. The molecule has 2 heterocycles. The second-order valence-electron chi connectivity index (χ2n) is 7.24. The molecule has 1 aromatic carbocycles. The number of nitrogens with zero attached hydrogens (tertiary/aromatic N) is 3. The number of likely N-dealkylation sites (N-methyl/N-ethyl adjacent to an activating group) is 1. The van der Waals surface area contributed by atoms with Gasteiger partial charge in [-0.3, -0.25) is 14.9 Å². The predicted octanol–water partition coefficient (Wildman–Crippen LogP) is -0.648. The molecule has 2 aliphatic heterocycles. The van der Waals surface area contributed by atoms with E-state index in [1.165, 1.54) is 33.5 Å². The van der Waals surface area contributed by atoms with Gasteiger partial charge < -0.3 is 9.80 Å². The minimum atomic E-state index is -3.77. The summed E-state index contributed by atoms with van der Waals surface area (Å²) in [5.41, 5.74) is -0.155. The van der Waals surface area contributed by atoms with Gasteiger partial charge >= 0.3 is 0 Å². The van der Waals surface area contributed by atoms with Crippen LogP contribution in [0.25, 0.3) is 0 Å². The highest BCUT2D eigenvalue weighted by Gasteiger charge is 2.36. The molecule has 27 heavy (non-hydrogen) atoms. The summed E-state index contributed by atoms with van der Waals surface area (Å²) in [4.78, 5) is 26.3. The highest BCUT2D eigenvalue weighted by atomic mass is 32.2. The van der Waals surface area contributed by atoms with Gasteiger partial charge in [0, 0.05) is 25.2 Å². The molecule has 3 rings (SSSR count). The number of piperazine rings is 1. The monoisotopic (exact) mass is 397 g/mol. The molecule has 0 aliphatic carbocycles. The van der Waals surface area contributed by atoms with Crippen molar-refractivity contribution in [1.29, 1.82) is 0 Å². The van der Waals surface area contributed by atoms with Crippen LogP contribution >= 0.6 is 0 Å². The number of hydrogen-bond acceptors (Lipinski definition) is 5. The van der Waals surface area contributed by atoms with Gasteiger partial charge in [-0.05, 0) is 25.0 Å². The third-order valence-corrected chi connectivity index (χ3v) is 7.23. The standard InChI is InChI=1S/C17H24N4O5S/c1-18-9-11-19(12-10-18)17(22)14-3-2-8-20(13-14)27(25,26)16-6-4-15(5-7-16)21(23)24/h4-7,14H,2-3,8-13H2,1H3/p+1/t14-/m1/s1. The molecule has 2 aliphatic rings. The van der Waals surface area contributed by atoms with E-state index in [0.717, 1.165) is 13.1 Å². The van der Waals surface area contributed by atoms with Gasteiger partial charge in [0.1, 0.15) is 0 Å². The van der Waals surface area contributed by atoms with Gasteiger partial charge in [-0.1, -0.05) is 0 Å². The van der Waals surface area contributed by atoms with E-state index in [1.807, 2.05) is 4.90 Å². The Bertz CT molecular complexity index is 803. The van der Waals surface area contributed by atoms with Crippen molar-refractivity contribution in [2.75, 3.05) is 46.3 Å². The van der Waals surface area contributed by atoms with Crippen molar-refractivity contribution in [3.8, 4) is 0 Å². The Balaban J connectivity index is 1.71. The Morgan fingerprint density at radius 1 is 1.19 bits per heavy atom. The fourth-order valence-corrected chi connectivity index (χ4v) is 5.14. The van der Waals surface area contributed by atoms with Crippen LogP contribution in [0.3, 0.4) is 0 Å². The quantitative estimate of drug-likeness (QED) is 0.537. The number of quaternary nitrogens is 1. The molecule has 0 radical (unpaired) electrons. The second kappa shape index (κ2) is 7.91. The van der Waals surface area contributed by atoms with Crippen LogP contribution < -0.4 is 4.90 Å². The molecule has 9 nitrogen and oxygen atoms in total. The molecular weight excluding hydrogens is 372 g/mol. The van der Waals surface area contributed by atoms with Gasteiger partial charge in [0.2, 0.25) is 15.9 Å². The summed E-state index contributed by atoms with van der Waals surface area (Å²) in [5.74, 6) is -0.295. The van der Waals surface area contributed by atoms with Crippen molar-refractivity contribution in [3.05, 3.63) is 34.4 Å². The molecule has 1 atom stereocenters. The average Bonchev–Trinajstić information content (AvgIpc) is 2.68. The van der Waals surface area contributed by atoms with Crippen LogP contribution in [0.15, 0.2) is 29.2 Å². The summed E-state index contributed by atoms with van der Waals surface area (Å²) in [5, 5.41) is 10.8. The molecule has 1 aromatic rings. The van der Waals surface area contributed by atoms with Crippen LogP contribution in [-0.4, -0.2) is 74.8 Å².